The van der Waals surface area contributed by atoms with E-state index >= 15 is 0 Å². The van der Waals surface area contributed by atoms with Gasteiger partial charge in [-0.1, -0.05) is 13.3 Å². The van der Waals surface area contributed by atoms with Crippen molar-refractivity contribution in [2.75, 3.05) is 11.9 Å². The minimum atomic E-state index is 0.162. The molecule has 1 unspecified atom stereocenters. The van der Waals surface area contributed by atoms with Crippen LogP contribution in [0.4, 0.5) is 5.82 Å². The minimum absolute atomic E-state index is 0.162. The van der Waals surface area contributed by atoms with Crippen molar-refractivity contribution in [3.63, 3.8) is 0 Å². The fourth-order valence-electron chi connectivity index (χ4n) is 1.54. The van der Waals surface area contributed by atoms with Crippen LogP contribution in [-0.2, 0) is 0 Å². The van der Waals surface area contributed by atoms with E-state index in [-0.39, 0.29) is 5.38 Å². The van der Waals surface area contributed by atoms with Gasteiger partial charge < -0.3 is 5.32 Å². The lowest BCUT2D eigenvalue weighted by atomic mass is 10.2. The van der Waals surface area contributed by atoms with Gasteiger partial charge in [0.05, 0.1) is 15.6 Å². The van der Waals surface area contributed by atoms with E-state index < -0.39 is 0 Å². The van der Waals surface area contributed by atoms with Crippen LogP contribution in [-0.4, -0.2) is 21.9 Å². The number of halogens is 1. The quantitative estimate of drug-likeness (QED) is 0.831. The molecule has 2 aromatic rings. The zero-order chi connectivity index (χ0) is 11.4. The molecular formula is C11H14ClN3S. The molecule has 2 aromatic heterocycles. The van der Waals surface area contributed by atoms with Crippen LogP contribution in [0.15, 0.2) is 17.8 Å². The molecule has 0 aliphatic rings. The smallest absolute Gasteiger partial charge is 0.147 e. The normalized spacial score (nSPS) is 12.9. The number of hydrogen-bond acceptors (Lipinski definition) is 4. The van der Waals surface area contributed by atoms with Gasteiger partial charge in [-0.2, -0.15) is 0 Å². The monoisotopic (exact) mass is 255 g/mol. The van der Waals surface area contributed by atoms with Gasteiger partial charge in [0.15, 0.2) is 0 Å². The second-order valence-corrected chi connectivity index (χ2v) is 5.16. The van der Waals surface area contributed by atoms with Crippen molar-refractivity contribution >= 4 is 39.0 Å². The highest BCUT2D eigenvalue weighted by Crippen LogP contribution is 2.24. The molecule has 2 heterocycles. The van der Waals surface area contributed by atoms with E-state index in [9.17, 15) is 0 Å². The second kappa shape index (κ2) is 5.46. The summed E-state index contributed by atoms with van der Waals surface area (Å²) in [4.78, 5) is 8.43. The number of thiophene rings is 1. The Hall–Kier alpha value is -0.870. The van der Waals surface area contributed by atoms with E-state index in [1.165, 1.54) is 0 Å². The van der Waals surface area contributed by atoms with Crippen molar-refractivity contribution in [3.05, 3.63) is 17.8 Å². The Labute approximate surface area is 104 Å². The fourth-order valence-corrected chi connectivity index (χ4v) is 2.64. The fraction of sp³-hybridized carbons (Fsp3) is 0.455. The Morgan fingerprint density at radius 1 is 1.50 bits per heavy atom. The van der Waals surface area contributed by atoms with Gasteiger partial charge in [0.25, 0.3) is 0 Å². The van der Waals surface area contributed by atoms with Crippen molar-refractivity contribution in [1.82, 2.24) is 9.97 Å². The Morgan fingerprint density at radius 2 is 2.38 bits per heavy atom. The third-order valence-electron chi connectivity index (χ3n) is 2.34. The Morgan fingerprint density at radius 3 is 3.19 bits per heavy atom. The minimum Gasteiger partial charge on any atom is -0.367 e. The molecule has 0 saturated heterocycles. The van der Waals surface area contributed by atoms with Crippen LogP contribution < -0.4 is 5.32 Å². The number of nitrogens with zero attached hydrogens (tertiary/aromatic N) is 2. The van der Waals surface area contributed by atoms with Crippen LogP contribution in [0, 0.1) is 0 Å². The molecule has 2 rings (SSSR count). The van der Waals surface area contributed by atoms with Crippen molar-refractivity contribution in [2.45, 2.75) is 25.1 Å². The average Bonchev–Trinajstić information content (AvgIpc) is 2.75. The van der Waals surface area contributed by atoms with Crippen LogP contribution in [0.25, 0.3) is 10.2 Å². The van der Waals surface area contributed by atoms with E-state index in [0.29, 0.717) is 0 Å². The summed E-state index contributed by atoms with van der Waals surface area (Å²) in [7, 11) is 0. The van der Waals surface area contributed by atoms with Gasteiger partial charge in [0.1, 0.15) is 12.1 Å². The Kier molecular flexibility index (Phi) is 3.96. The number of fused-ring (bicyclic) bond motifs is 1. The molecule has 0 bridgehead atoms. The zero-order valence-corrected chi connectivity index (χ0v) is 10.7. The molecule has 86 valence electrons. The summed E-state index contributed by atoms with van der Waals surface area (Å²) in [6, 6.07) is 2.00. The van der Waals surface area contributed by atoms with Gasteiger partial charge in [-0.25, -0.2) is 9.97 Å². The molecule has 0 amide bonds. The summed E-state index contributed by atoms with van der Waals surface area (Å²) >= 11 is 7.80. The van der Waals surface area contributed by atoms with Crippen LogP contribution in [0.2, 0.25) is 0 Å². The van der Waals surface area contributed by atoms with E-state index in [1.807, 2.05) is 11.4 Å². The molecule has 0 saturated carbocycles. The molecule has 16 heavy (non-hydrogen) atoms. The van der Waals surface area contributed by atoms with Gasteiger partial charge in [0, 0.05) is 6.54 Å². The first kappa shape index (κ1) is 11.6. The lowest BCUT2D eigenvalue weighted by molar-refractivity contribution is 0.751. The highest BCUT2D eigenvalue weighted by atomic mass is 35.5. The van der Waals surface area contributed by atoms with Crippen LogP contribution in [0.5, 0.6) is 0 Å². The first-order chi connectivity index (χ1) is 7.81. The van der Waals surface area contributed by atoms with Crippen molar-refractivity contribution in [1.29, 1.82) is 0 Å². The molecule has 0 fully saturated rings. The first-order valence-corrected chi connectivity index (χ1v) is 6.69. The van der Waals surface area contributed by atoms with Crippen LogP contribution >= 0.6 is 22.9 Å². The van der Waals surface area contributed by atoms with Crippen molar-refractivity contribution in [2.24, 2.45) is 0 Å². The van der Waals surface area contributed by atoms with Gasteiger partial charge in [-0.15, -0.1) is 22.9 Å². The number of aromatic nitrogens is 2. The number of alkyl halides is 1. The number of nitrogens with one attached hydrogen (secondary N) is 1. The lowest BCUT2D eigenvalue weighted by Crippen LogP contribution is -2.14. The van der Waals surface area contributed by atoms with Crippen molar-refractivity contribution < 1.29 is 0 Å². The Bertz CT molecular complexity index is 457. The summed E-state index contributed by atoms with van der Waals surface area (Å²) in [5.74, 6) is 0.891. The van der Waals surface area contributed by atoms with E-state index in [0.717, 1.165) is 35.4 Å². The zero-order valence-electron chi connectivity index (χ0n) is 9.11. The van der Waals surface area contributed by atoms with E-state index in [1.54, 1.807) is 17.7 Å². The third-order valence-corrected chi connectivity index (χ3v) is 3.62. The molecule has 5 heteroatoms. The van der Waals surface area contributed by atoms with Crippen LogP contribution in [0.1, 0.15) is 19.8 Å². The van der Waals surface area contributed by atoms with Gasteiger partial charge in [-0.3, -0.25) is 0 Å². The summed E-state index contributed by atoms with van der Waals surface area (Å²) in [5, 5.41) is 5.47. The molecule has 0 spiro atoms. The predicted octanol–water partition coefficient (Wildman–Crippen LogP) is 3.51. The molecule has 0 aromatic carbocycles. The molecule has 3 nitrogen and oxygen atoms in total. The second-order valence-electron chi connectivity index (χ2n) is 3.62. The maximum atomic E-state index is 6.15. The average molecular weight is 256 g/mol. The van der Waals surface area contributed by atoms with Gasteiger partial charge in [-0.05, 0) is 17.9 Å². The lowest BCUT2D eigenvalue weighted by Gasteiger charge is -2.10. The van der Waals surface area contributed by atoms with Crippen molar-refractivity contribution in [3.8, 4) is 0 Å². The standard InChI is InChI=1S/C11H14ClN3S/c1-2-3-8(12)6-13-11-10-9(4-5-16-10)14-7-15-11/h4-5,7-8H,2-3,6H2,1H3,(H,13,14,15). The third kappa shape index (κ3) is 2.62. The number of anilines is 1. The number of hydrogen-bond donors (Lipinski definition) is 1. The molecule has 0 radical (unpaired) electrons. The maximum absolute atomic E-state index is 6.15. The summed E-state index contributed by atoms with van der Waals surface area (Å²) in [5.41, 5.74) is 0.990. The highest BCUT2D eigenvalue weighted by Gasteiger charge is 2.07. The SMILES string of the molecule is CCCC(Cl)CNc1ncnc2ccsc12. The number of rotatable bonds is 5. The predicted molar refractivity (Wildman–Crippen MR) is 70.5 cm³/mol. The Balaban J connectivity index is 2.06. The summed E-state index contributed by atoms with van der Waals surface area (Å²) in [6.45, 7) is 2.89. The van der Waals surface area contributed by atoms with E-state index in [2.05, 4.69) is 22.2 Å². The topological polar surface area (TPSA) is 37.8 Å². The molecular weight excluding hydrogens is 242 g/mol. The molecule has 1 N–H and O–H groups in total. The van der Waals surface area contributed by atoms with Crippen LogP contribution in [0.3, 0.4) is 0 Å². The largest absolute Gasteiger partial charge is 0.367 e. The van der Waals surface area contributed by atoms with Gasteiger partial charge >= 0.3 is 0 Å². The summed E-state index contributed by atoms with van der Waals surface area (Å²) in [6.07, 6.45) is 3.71. The highest BCUT2D eigenvalue weighted by molar-refractivity contribution is 7.17. The molecule has 0 aliphatic carbocycles. The maximum Gasteiger partial charge on any atom is 0.147 e. The van der Waals surface area contributed by atoms with E-state index in [4.69, 9.17) is 11.6 Å². The van der Waals surface area contributed by atoms with Gasteiger partial charge in [0.2, 0.25) is 0 Å². The summed E-state index contributed by atoms with van der Waals surface area (Å²) < 4.78 is 1.10. The molecule has 1 atom stereocenters. The molecule has 0 aliphatic heterocycles. The first-order valence-electron chi connectivity index (χ1n) is 5.37.